The molecule has 2 rings (SSSR count). The van der Waals surface area contributed by atoms with Gasteiger partial charge in [0.2, 0.25) is 5.91 Å². The summed E-state index contributed by atoms with van der Waals surface area (Å²) >= 11 is 0. The minimum absolute atomic E-state index is 0.197. The number of aromatic nitrogens is 1. The predicted molar refractivity (Wildman–Crippen MR) is 59.8 cm³/mol. The lowest BCUT2D eigenvalue weighted by Crippen LogP contribution is -2.53. The number of nitriles is 1. The van der Waals surface area contributed by atoms with Gasteiger partial charge in [0.15, 0.2) is 5.41 Å². The number of amides is 1. The van der Waals surface area contributed by atoms with E-state index in [0.29, 0.717) is 13.0 Å². The molecule has 5 heteroatoms. The Balaban J connectivity index is 1.80. The molecule has 88 valence electrons. The van der Waals surface area contributed by atoms with Crippen molar-refractivity contribution >= 4 is 5.91 Å². The third-order valence-corrected chi connectivity index (χ3v) is 2.77. The summed E-state index contributed by atoms with van der Waals surface area (Å²) in [7, 11) is 0. The molecule has 17 heavy (non-hydrogen) atoms. The molecule has 1 fully saturated rings. The van der Waals surface area contributed by atoms with Crippen LogP contribution in [0, 0.1) is 16.7 Å². The number of carbonyl (C=O) groups excluding carboxylic acids is 1. The highest BCUT2D eigenvalue weighted by Gasteiger charge is 2.46. The highest BCUT2D eigenvalue weighted by Crippen LogP contribution is 2.26. The molecule has 1 amide bonds. The smallest absolute Gasteiger partial charge is 0.245 e. The largest absolute Gasteiger partial charge is 0.377 e. The number of nitrogens with one attached hydrogen (secondary N) is 1. The number of hydrogen-bond donors (Lipinski definition) is 1. The summed E-state index contributed by atoms with van der Waals surface area (Å²) in [4.78, 5) is 15.7. The Hall–Kier alpha value is -1.93. The van der Waals surface area contributed by atoms with Crippen LogP contribution in [0.1, 0.15) is 5.56 Å². The van der Waals surface area contributed by atoms with Gasteiger partial charge in [0.25, 0.3) is 0 Å². The molecule has 1 aliphatic heterocycles. The standard InChI is InChI=1S/C12H13N3O2/c13-7-12(8-17-9-12)11(16)15-5-3-10-2-1-4-14-6-10/h1-2,4,6H,3,5,8-9H2,(H,15,16). The number of pyridine rings is 1. The first-order chi connectivity index (χ1) is 8.27. The van der Waals surface area contributed by atoms with E-state index in [1.807, 2.05) is 18.2 Å². The van der Waals surface area contributed by atoms with Crippen molar-refractivity contribution in [2.24, 2.45) is 5.41 Å². The summed E-state index contributed by atoms with van der Waals surface area (Å²) in [5.41, 5.74) is 0.0956. The first-order valence-electron chi connectivity index (χ1n) is 5.43. The molecule has 0 aromatic carbocycles. The molecule has 0 bridgehead atoms. The van der Waals surface area contributed by atoms with E-state index in [1.54, 1.807) is 12.4 Å². The molecule has 2 heterocycles. The molecule has 0 saturated carbocycles. The third-order valence-electron chi connectivity index (χ3n) is 2.77. The number of ether oxygens (including phenoxy) is 1. The summed E-state index contributed by atoms with van der Waals surface area (Å²) in [6, 6.07) is 5.82. The van der Waals surface area contributed by atoms with Gasteiger partial charge in [-0.25, -0.2) is 0 Å². The van der Waals surface area contributed by atoms with E-state index in [4.69, 9.17) is 10.00 Å². The minimum atomic E-state index is -0.963. The highest BCUT2D eigenvalue weighted by atomic mass is 16.5. The second kappa shape index (κ2) is 4.93. The normalized spacial score (nSPS) is 16.6. The fourth-order valence-corrected chi connectivity index (χ4v) is 1.59. The van der Waals surface area contributed by atoms with Crippen LogP contribution in [-0.2, 0) is 16.0 Å². The molecule has 1 aromatic heterocycles. The molecular weight excluding hydrogens is 218 g/mol. The number of rotatable bonds is 4. The lowest BCUT2D eigenvalue weighted by atomic mass is 9.87. The van der Waals surface area contributed by atoms with Gasteiger partial charge in [0, 0.05) is 18.9 Å². The predicted octanol–water partition coefficient (Wildman–Crippen LogP) is 0.280. The first-order valence-corrected chi connectivity index (χ1v) is 5.43. The van der Waals surface area contributed by atoms with Crippen LogP contribution in [0.2, 0.25) is 0 Å². The highest BCUT2D eigenvalue weighted by molar-refractivity contribution is 5.86. The van der Waals surface area contributed by atoms with Crippen molar-refractivity contribution < 1.29 is 9.53 Å². The Morgan fingerprint density at radius 3 is 3.00 bits per heavy atom. The second-order valence-electron chi connectivity index (χ2n) is 4.05. The van der Waals surface area contributed by atoms with Gasteiger partial charge < -0.3 is 10.1 Å². The van der Waals surface area contributed by atoms with E-state index in [-0.39, 0.29) is 19.1 Å². The Morgan fingerprint density at radius 1 is 1.65 bits per heavy atom. The van der Waals surface area contributed by atoms with Crippen molar-refractivity contribution in [2.45, 2.75) is 6.42 Å². The maximum atomic E-state index is 11.7. The summed E-state index contributed by atoms with van der Waals surface area (Å²) in [6.07, 6.45) is 4.18. The van der Waals surface area contributed by atoms with Crippen LogP contribution in [0.3, 0.4) is 0 Å². The van der Waals surface area contributed by atoms with E-state index in [0.717, 1.165) is 5.56 Å². The molecule has 0 aliphatic carbocycles. The Kier molecular flexibility index (Phi) is 3.35. The Morgan fingerprint density at radius 2 is 2.47 bits per heavy atom. The van der Waals surface area contributed by atoms with E-state index in [1.165, 1.54) is 0 Å². The monoisotopic (exact) mass is 231 g/mol. The lowest BCUT2D eigenvalue weighted by Gasteiger charge is -2.33. The minimum Gasteiger partial charge on any atom is -0.377 e. The average Bonchev–Trinajstić information content (AvgIpc) is 2.30. The van der Waals surface area contributed by atoms with Gasteiger partial charge >= 0.3 is 0 Å². The van der Waals surface area contributed by atoms with Crippen molar-refractivity contribution in [3.63, 3.8) is 0 Å². The second-order valence-corrected chi connectivity index (χ2v) is 4.05. The van der Waals surface area contributed by atoms with Gasteiger partial charge in [-0.3, -0.25) is 9.78 Å². The molecule has 1 aromatic rings. The van der Waals surface area contributed by atoms with E-state index in [2.05, 4.69) is 10.3 Å². The molecule has 1 aliphatic rings. The number of carbonyl (C=O) groups is 1. The van der Waals surface area contributed by atoms with E-state index >= 15 is 0 Å². The fraction of sp³-hybridized carbons (Fsp3) is 0.417. The molecule has 1 saturated heterocycles. The quantitative estimate of drug-likeness (QED) is 0.807. The molecule has 0 atom stereocenters. The van der Waals surface area contributed by atoms with Gasteiger partial charge in [-0.1, -0.05) is 6.07 Å². The van der Waals surface area contributed by atoms with Crippen LogP contribution in [0.15, 0.2) is 24.5 Å². The average molecular weight is 231 g/mol. The summed E-state index contributed by atoms with van der Waals surface area (Å²) < 4.78 is 4.92. The zero-order valence-electron chi connectivity index (χ0n) is 9.35. The lowest BCUT2D eigenvalue weighted by molar-refractivity contribution is -0.149. The molecule has 1 N–H and O–H groups in total. The topological polar surface area (TPSA) is 75.0 Å². The van der Waals surface area contributed by atoms with Gasteiger partial charge in [-0.05, 0) is 18.1 Å². The first kappa shape index (κ1) is 11.6. The zero-order chi connectivity index (χ0) is 12.1. The van der Waals surface area contributed by atoms with Crippen LogP contribution in [-0.4, -0.2) is 30.6 Å². The van der Waals surface area contributed by atoms with E-state index < -0.39 is 5.41 Å². The molecule has 5 nitrogen and oxygen atoms in total. The van der Waals surface area contributed by atoms with E-state index in [9.17, 15) is 4.79 Å². The van der Waals surface area contributed by atoms with Crippen LogP contribution in [0.5, 0.6) is 0 Å². The summed E-state index contributed by atoms with van der Waals surface area (Å²) in [5.74, 6) is -0.241. The fourth-order valence-electron chi connectivity index (χ4n) is 1.59. The Bertz CT molecular complexity index is 435. The van der Waals surface area contributed by atoms with Gasteiger partial charge in [-0.15, -0.1) is 0 Å². The van der Waals surface area contributed by atoms with Crippen molar-refractivity contribution in [3.05, 3.63) is 30.1 Å². The van der Waals surface area contributed by atoms with Crippen LogP contribution >= 0.6 is 0 Å². The Labute approximate surface area is 99.4 Å². The third kappa shape index (κ3) is 2.43. The maximum absolute atomic E-state index is 11.7. The number of hydrogen-bond acceptors (Lipinski definition) is 4. The summed E-state index contributed by atoms with van der Waals surface area (Å²) in [6.45, 7) is 0.901. The zero-order valence-corrected chi connectivity index (χ0v) is 9.35. The van der Waals surface area contributed by atoms with Gasteiger partial charge in [0.05, 0.1) is 19.3 Å². The molecular formula is C12H13N3O2. The molecule has 0 unspecified atom stereocenters. The summed E-state index contributed by atoms with van der Waals surface area (Å²) in [5, 5.41) is 11.7. The number of nitrogens with zero attached hydrogens (tertiary/aromatic N) is 2. The van der Waals surface area contributed by atoms with Gasteiger partial charge in [0.1, 0.15) is 0 Å². The van der Waals surface area contributed by atoms with Crippen LogP contribution < -0.4 is 5.32 Å². The van der Waals surface area contributed by atoms with Gasteiger partial charge in [-0.2, -0.15) is 5.26 Å². The molecule has 0 radical (unpaired) electrons. The van der Waals surface area contributed by atoms with Crippen molar-refractivity contribution in [2.75, 3.05) is 19.8 Å². The maximum Gasteiger partial charge on any atom is 0.245 e. The molecule has 0 spiro atoms. The van der Waals surface area contributed by atoms with Crippen molar-refractivity contribution in [1.82, 2.24) is 10.3 Å². The van der Waals surface area contributed by atoms with Crippen molar-refractivity contribution in [3.8, 4) is 6.07 Å². The SMILES string of the molecule is N#CC1(C(=O)NCCc2cccnc2)COC1. The van der Waals surface area contributed by atoms with Crippen molar-refractivity contribution in [1.29, 1.82) is 5.26 Å². The van der Waals surface area contributed by atoms with Crippen LogP contribution in [0.4, 0.5) is 0 Å². The van der Waals surface area contributed by atoms with Crippen LogP contribution in [0.25, 0.3) is 0 Å².